The van der Waals surface area contributed by atoms with Gasteiger partial charge in [0.2, 0.25) is 5.91 Å². The topological polar surface area (TPSA) is 96.4 Å². The van der Waals surface area contributed by atoms with E-state index in [-0.39, 0.29) is 31.7 Å². The summed E-state index contributed by atoms with van der Waals surface area (Å²) in [5.41, 5.74) is 0.281. The minimum atomic E-state index is -1.13. The molecule has 8 nitrogen and oxygen atoms in total. The van der Waals surface area contributed by atoms with Gasteiger partial charge >= 0.3 is 12.1 Å². The molecular formula is C21H30N2O6. The van der Waals surface area contributed by atoms with Gasteiger partial charge in [-0.05, 0) is 39.2 Å². The Hall–Kier alpha value is -2.61. The number of carbonyl (C=O) groups is 3. The zero-order valence-electron chi connectivity index (χ0n) is 17.3. The zero-order chi connectivity index (χ0) is 21.4. The molecule has 0 aliphatic carbocycles. The first-order chi connectivity index (χ1) is 13.6. The second-order valence-electron chi connectivity index (χ2n) is 8.10. The van der Waals surface area contributed by atoms with Gasteiger partial charge in [0.25, 0.3) is 0 Å². The number of piperidine rings is 1. The molecule has 0 bridgehead atoms. The van der Waals surface area contributed by atoms with Crippen LogP contribution in [0.15, 0.2) is 30.3 Å². The lowest BCUT2D eigenvalue weighted by Gasteiger charge is -2.33. The monoisotopic (exact) mass is 406 g/mol. The number of amides is 2. The molecule has 2 amide bonds. The number of carbonyl (C=O) groups excluding carboxylic acids is 2. The highest BCUT2D eigenvalue weighted by Gasteiger charge is 2.27. The van der Waals surface area contributed by atoms with Crippen LogP contribution >= 0.6 is 0 Å². The number of nitrogens with zero attached hydrogens (tertiary/aromatic N) is 2. The van der Waals surface area contributed by atoms with Crippen LogP contribution in [-0.4, -0.2) is 70.8 Å². The van der Waals surface area contributed by atoms with E-state index in [1.54, 1.807) is 25.7 Å². The lowest BCUT2D eigenvalue weighted by Crippen LogP contribution is -2.46. The number of carboxylic acid groups (broad SMARTS) is 1. The van der Waals surface area contributed by atoms with Gasteiger partial charge in [0.05, 0.1) is 6.10 Å². The highest BCUT2D eigenvalue weighted by atomic mass is 16.6. The normalized spacial score (nSPS) is 15.1. The van der Waals surface area contributed by atoms with Crippen LogP contribution in [0.5, 0.6) is 0 Å². The van der Waals surface area contributed by atoms with E-state index >= 15 is 0 Å². The fraction of sp³-hybridized carbons (Fsp3) is 0.571. The van der Waals surface area contributed by atoms with Gasteiger partial charge in [-0.2, -0.15) is 0 Å². The van der Waals surface area contributed by atoms with Gasteiger partial charge in [0.15, 0.2) is 0 Å². The van der Waals surface area contributed by atoms with Gasteiger partial charge < -0.3 is 19.5 Å². The average Bonchev–Trinajstić information content (AvgIpc) is 2.65. The molecule has 0 atom stereocenters. The molecule has 1 aliphatic rings. The summed E-state index contributed by atoms with van der Waals surface area (Å²) in [6.07, 6.45) is -0.0510. The number of hydrogen-bond donors (Lipinski definition) is 1. The van der Waals surface area contributed by atoms with Crippen LogP contribution in [0, 0.1) is 0 Å². The second kappa shape index (κ2) is 10.2. The van der Waals surface area contributed by atoms with E-state index in [1.165, 1.54) is 0 Å². The molecule has 0 saturated carbocycles. The van der Waals surface area contributed by atoms with E-state index in [9.17, 15) is 19.5 Å². The summed E-state index contributed by atoms with van der Waals surface area (Å²) in [7, 11) is 0. The van der Waals surface area contributed by atoms with Gasteiger partial charge in [0, 0.05) is 19.6 Å². The first-order valence-electron chi connectivity index (χ1n) is 9.77. The Morgan fingerprint density at radius 3 is 2.31 bits per heavy atom. The number of ether oxygens (including phenoxy) is 2. The molecule has 0 spiro atoms. The van der Waals surface area contributed by atoms with E-state index in [1.807, 2.05) is 30.3 Å². The fourth-order valence-corrected chi connectivity index (χ4v) is 3.09. The third kappa shape index (κ3) is 8.11. The van der Waals surface area contributed by atoms with Gasteiger partial charge in [-0.15, -0.1) is 0 Å². The Bertz CT molecular complexity index is 693. The van der Waals surface area contributed by atoms with Crippen LogP contribution in [-0.2, 0) is 25.6 Å². The smallest absolute Gasteiger partial charge is 0.408 e. The standard InChI is InChI=1S/C21H30N2O6/c1-21(2,3)29-19(25)15-28-17-9-11-22(12-10-17)18(24)14-23(20(26)27)13-16-7-5-4-6-8-16/h4-8,17H,9-15H2,1-3H3,(H,26,27). The molecule has 29 heavy (non-hydrogen) atoms. The first-order valence-corrected chi connectivity index (χ1v) is 9.77. The van der Waals surface area contributed by atoms with Crippen molar-refractivity contribution in [1.29, 1.82) is 0 Å². The Balaban J connectivity index is 1.77. The van der Waals surface area contributed by atoms with Gasteiger partial charge in [-0.25, -0.2) is 9.59 Å². The number of benzene rings is 1. The second-order valence-corrected chi connectivity index (χ2v) is 8.10. The summed E-state index contributed by atoms with van der Waals surface area (Å²) in [6, 6.07) is 9.18. The molecule has 0 aromatic heterocycles. The van der Waals surface area contributed by atoms with Gasteiger partial charge in [-0.3, -0.25) is 9.69 Å². The number of rotatable bonds is 7. The SMILES string of the molecule is CC(C)(C)OC(=O)COC1CCN(C(=O)CN(Cc2ccccc2)C(=O)O)CC1. The Morgan fingerprint density at radius 2 is 1.76 bits per heavy atom. The minimum Gasteiger partial charge on any atom is -0.465 e. The highest BCUT2D eigenvalue weighted by molar-refractivity contribution is 5.82. The quantitative estimate of drug-likeness (QED) is 0.699. The van der Waals surface area contributed by atoms with Crippen molar-refractivity contribution in [2.75, 3.05) is 26.2 Å². The maximum Gasteiger partial charge on any atom is 0.408 e. The molecule has 1 heterocycles. The van der Waals surface area contributed by atoms with Crippen molar-refractivity contribution in [2.45, 2.75) is 51.9 Å². The highest BCUT2D eigenvalue weighted by Crippen LogP contribution is 2.16. The molecule has 1 fully saturated rings. The lowest BCUT2D eigenvalue weighted by molar-refractivity contribution is -0.163. The van der Waals surface area contributed by atoms with Crippen molar-refractivity contribution in [3.8, 4) is 0 Å². The first kappa shape index (κ1) is 22.7. The molecule has 160 valence electrons. The molecule has 1 N–H and O–H groups in total. The largest absolute Gasteiger partial charge is 0.465 e. The van der Waals surface area contributed by atoms with Crippen LogP contribution in [0.2, 0.25) is 0 Å². The van der Waals surface area contributed by atoms with Gasteiger partial charge in [-0.1, -0.05) is 30.3 Å². The fourth-order valence-electron chi connectivity index (χ4n) is 3.09. The molecule has 0 radical (unpaired) electrons. The number of likely N-dealkylation sites (tertiary alicyclic amines) is 1. The molecule has 1 aliphatic heterocycles. The van der Waals surface area contributed by atoms with Crippen molar-refractivity contribution in [1.82, 2.24) is 9.80 Å². The third-order valence-electron chi connectivity index (χ3n) is 4.46. The lowest BCUT2D eigenvalue weighted by atomic mass is 10.1. The average molecular weight is 406 g/mol. The van der Waals surface area contributed by atoms with Crippen LogP contribution in [0.25, 0.3) is 0 Å². The molecule has 2 rings (SSSR count). The summed E-state index contributed by atoms with van der Waals surface area (Å²) in [5.74, 6) is -0.636. The molecule has 1 saturated heterocycles. The third-order valence-corrected chi connectivity index (χ3v) is 4.46. The van der Waals surface area contributed by atoms with E-state index in [4.69, 9.17) is 9.47 Å². The molecule has 0 unspecified atom stereocenters. The summed E-state index contributed by atoms with van der Waals surface area (Å²) in [6.45, 7) is 6.20. The van der Waals surface area contributed by atoms with Crippen molar-refractivity contribution < 1.29 is 29.0 Å². The van der Waals surface area contributed by atoms with Crippen LogP contribution in [0.1, 0.15) is 39.2 Å². The summed E-state index contributed by atoms with van der Waals surface area (Å²) >= 11 is 0. The summed E-state index contributed by atoms with van der Waals surface area (Å²) in [5, 5.41) is 9.42. The summed E-state index contributed by atoms with van der Waals surface area (Å²) in [4.78, 5) is 38.5. The molecule has 1 aromatic carbocycles. The van der Waals surface area contributed by atoms with Gasteiger partial charge in [0.1, 0.15) is 18.8 Å². The van der Waals surface area contributed by atoms with Crippen molar-refractivity contribution >= 4 is 18.0 Å². The molecule has 8 heteroatoms. The number of hydrogen-bond acceptors (Lipinski definition) is 5. The molecular weight excluding hydrogens is 376 g/mol. The maximum absolute atomic E-state index is 12.5. The Morgan fingerprint density at radius 1 is 1.14 bits per heavy atom. The Kier molecular flexibility index (Phi) is 8.01. The van der Waals surface area contributed by atoms with E-state index in [0.717, 1.165) is 10.5 Å². The predicted molar refractivity (Wildman–Crippen MR) is 106 cm³/mol. The molecule has 1 aromatic rings. The Labute approximate surface area is 171 Å². The van der Waals surface area contributed by atoms with Crippen molar-refractivity contribution in [2.24, 2.45) is 0 Å². The van der Waals surface area contributed by atoms with E-state index < -0.39 is 17.7 Å². The predicted octanol–water partition coefficient (Wildman–Crippen LogP) is 2.52. The number of esters is 1. The minimum absolute atomic E-state index is 0.111. The van der Waals surface area contributed by atoms with Crippen molar-refractivity contribution in [3.05, 3.63) is 35.9 Å². The van der Waals surface area contributed by atoms with E-state index in [2.05, 4.69) is 0 Å². The maximum atomic E-state index is 12.5. The van der Waals surface area contributed by atoms with E-state index in [0.29, 0.717) is 25.9 Å². The van der Waals surface area contributed by atoms with Crippen molar-refractivity contribution in [3.63, 3.8) is 0 Å². The van der Waals surface area contributed by atoms with Crippen LogP contribution in [0.3, 0.4) is 0 Å². The van der Waals surface area contributed by atoms with Crippen LogP contribution < -0.4 is 0 Å². The summed E-state index contributed by atoms with van der Waals surface area (Å²) < 4.78 is 10.8. The van der Waals surface area contributed by atoms with Crippen LogP contribution in [0.4, 0.5) is 4.79 Å². The zero-order valence-corrected chi connectivity index (χ0v) is 17.3.